The van der Waals surface area contributed by atoms with Gasteiger partial charge in [0.1, 0.15) is 12.1 Å². The van der Waals surface area contributed by atoms with Gasteiger partial charge >= 0.3 is 0 Å². The Bertz CT molecular complexity index is 309. The summed E-state index contributed by atoms with van der Waals surface area (Å²) in [6, 6.07) is -0.539. The molecule has 0 aromatic rings. The highest BCUT2D eigenvalue weighted by Gasteiger charge is 2.39. The number of amides is 2. The minimum atomic E-state index is -0.345. The number of rotatable bonds is 6. The van der Waals surface area contributed by atoms with Gasteiger partial charge in [-0.25, -0.2) is 0 Å². The first-order chi connectivity index (χ1) is 8.52. The van der Waals surface area contributed by atoms with Gasteiger partial charge in [-0.2, -0.15) is 11.8 Å². The monoisotopic (exact) mass is 272 g/mol. The van der Waals surface area contributed by atoms with Crippen molar-refractivity contribution in [2.75, 3.05) is 12.0 Å². The summed E-state index contributed by atoms with van der Waals surface area (Å²) in [4.78, 5) is 26.1. The lowest BCUT2D eigenvalue weighted by Gasteiger charge is -2.41. The number of carbonyl (C=O) groups excluding carboxylic acids is 2. The van der Waals surface area contributed by atoms with Crippen molar-refractivity contribution in [2.45, 2.75) is 58.2 Å². The van der Waals surface area contributed by atoms with E-state index in [1.165, 1.54) is 0 Å². The predicted molar refractivity (Wildman–Crippen MR) is 75.6 cm³/mol. The molecule has 1 aliphatic rings. The molecule has 0 aromatic heterocycles. The topological polar surface area (TPSA) is 49.4 Å². The fourth-order valence-corrected chi connectivity index (χ4v) is 2.94. The van der Waals surface area contributed by atoms with Crippen LogP contribution in [-0.4, -0.2) is 46.8 Å². The molecule has 18 heavy (non-hydrogen) atoms. The number of hydrogen-bond acceptors (Lipinski definition) is 3. The Hall–Kier alpha value is -0.710. The van der Waals surface area contributed by atoms with Crippen molar-refractivity contribution in [3.63, 3.8) is 0 Å². The largest absolute Gasteiger partial charge is 0.343 e. The first kappa shape index (κ1) is 15.3. The maximum Gasteiger partial charge on any atom is 0.246 e. The molecule has 1 N–H and O–H groups in total. The van der Waals surface area contributed by atoms with E-state index in [0.29, 0.717) is 0 Å². The summed E-state index contributed by atoms with van der Waals surface area (Å²) in [5, 5.41) is 2.82. The van der Waals surface area contributed by atoms with Gasteiger partial charge < -0.3 is 10.2 Å². The molecule has 1 aliphatic heterocycles. The second-order valence-corrected chi connectivity index (χ2v) is 5.89. The molecule has 104 valence electrons. The normalized spacial score (nSPS) is 26.1. The number of carbonyl (C=O) groups is 2. The fourth-order valence-electron chi connectivity index (χ4n) is 2.36. The molecule has 1 saturated heterocycles. The second-order valence-electron chi connectivity index (χ2n) is 4.90. The van der Waals surface area contributed by atoms with Gasteiger partial charge in [0.25, 0.3) is 0 Å². The van der Waals surface area contributed by atoms with Crippen LogP contribution < -0.4 is 5.32 Å². The number of nitrogens with one attached hydrogen (secondary N) is 1. The second kappa shape index (κ2) is 7.02. The fraction of sp³-hybridized carbons (Fsp3) is 0.846. The number of piperazine rings is 1. The van der Waals surface area contributed by atoms with E-state index in [0.717, 1.165) is 25.0 Å². The van der Waals surface area contributed by atoms with Crippen molar-refractivity contribution >= 4 is 23.6 Å². The van der Waals surface area contributed by atoms with Gasteiger partial charge in [-0.1, -0.05) is 13.3 Å². The average molecular weight is 272 g/mol. The number of nitrogens with zero attached hydrogens (tertiary/aromatic N) is 1. The number of hydrogen-bond donors (Lipinski definition) is 1. The number of thioether (sulfide) groups is 1. The van der Waals surface area contributed by atoms with E-state index in [1.54, 1.807) is 16.7 Å². The van der Waals surface area contributed by atoms with Crippen LogP contribution >= 0.6 is 11.8 Å². The van der Waals surface area contributed by atoms with Crippen LogP contribution in [0.25, 0.3) is 0 Å². The van der Waals surface area contributed by atoms with Gasteiger partial charge in [0.2, 0.25) is 11.8 Å². The van der Waals surface area contributed by atoms with Crippen LogP contribution in [-0.2, 0) is 9.59 Å². The summed E-state index contributed by atoms with van der Waals surface area (Å²) < 4.78 is 0. The van der Waals surface area contributed by atoms with E-state index in [1.807, 2.05) is 20.8 Å². The van der Waals surface area contributed by atoms with Gasteiger partial charge in [0, 0.05) is 6.04 Å². The van der Waals surface area contributed by atoms with Crippen LogP contribution in [0, 0.1) is 0 Å². The highest BCUT2D eigenvalue weighted by atomic mass is 32.2. The smallest absolute Gasteiger partial charge is 0.246 e. The zero-order chi connectivity index (χ0) is 13.7. The molecule has 3 atom stereocenters. The standard InChI is InChI=1S/C13H24N2O2S/c1-5-6-11-13(17)15(9(2)7-8-18-4)10(3)12(16)14-11/h9-11H,5-8H2,1-4H3,(H,14,16). The molecule has 0 radical (unpaired) electrons. The zero-order valence-corrected chi connectivity index (χ0v) is 12.5. The Morgan fingerprint density at radius 2 is 2.11 bits per heavy atom. The third-order valence-electron chi connectivity index (χ3n) is 3.46. The maximum absolute atomic E-state index is 12.4. The summed E-state index contributed by atoms with van der Waals surface area (Å²) in [5.74, 6) is 1.07. The van der Waals surface area contributed by atoms with Gasteiger partial charge in [-0.3, -0.25) is 9.59 Å². The van der Waals surface area contributed by atoms with E-state index >= 15 is 0 Å². The Morgan fingerprint density at radius 1 is 1.44 bits per heavy atom. The molecule has 0 bridgehead atoms. The van der Waals surface area contributed by atoms with E-state index in [-0.39, 0.29) is 29.9 Å². The molecule has 5 heteroatoms. The van der Waals surface area contributed by atoms with Crippen LogP contribution in [0.15, 0.2) is 0 Å². The first-order valence-corrected chi connectivity index (χ1v) is 8.03. The van der Waals surface area contributed by atoms with E-state index < -0.39 is 0 Å². The molecule has 0 saturated carbocycles. The lowest BCUT2D eigenvalue weighted by molar-refractivity contribution is -0.151. The molecule has 4 nitrogen and oxygen atoms in total. The van der Waals surface area contributed by atoms with Crippen LogP contribution in [0.3, 0.4) is 0 Å². The molecule has 1 heterocycles. The zero-order valence-electron chi connectivity index (χ0n) is 11.7. The van der Waals surface area contributed by atoms with E-state index in [2.05, 4.69) is 11.6 Å². The molecule has 1 rings (SSSR count). The molecule has 2 amide bonds. The molecule has 0 spiro atoms. The Labute approximate surface area is 114 Å². The summed E-state index contributed by atoms with van der Waals surface area (Å²) >= 11 is 1.77. The summed E-state index contributed by atoms with van der Waals surface area (Å²) in [7, 11) is 0. The summed E-state index contributed by atoms with van der Waals surface area (Å²) in [6.07, 6.45) is 4.62. The molecule has 0 aromatic carbocycles. The summed E-state index contributed by atoms with van der Waals surface area (Å²) in [6.45, 7) is 5.87. The highest BCUT2D eigenvalue weighted by molar-refractivity contribution is 7.98. The maximum atomic E-state index is 12.4. The lowest BCUT2D eigenvalue weighted by atomic mass is 10.0. The third-order valence-corrected chi connectivity index (χ3v) is 4.10. The van der Waals surface area contributed by atoms with Crippen molar-refractivity contribution in [3.8, 4) is 0 Å². The Morgan fingerprint density at radius 3 is 2.67 bits per heavy atom. The van der Waals surface area contributed by atoms with Crippen molar-refractivity contribution in [1.29, 1.82) is 0 Å². The van der Waals surface area contributed by atoms with Gasteiger partial charge in [0.05, 0.1) is 0 Å². The van der Waals surface area contributed by atoms with Gasteiger partial charge in [-0.05, 0) is 38.7 Å². The minimum Gasteiger partial charge on any atom is -0.343 e. The van der Waals surface area contributed by atoms with Crippen LogP contribution in [0.5, 0.6) is 0 Å². The van der Waals surface area contributed by atoms with Gasteiger partial charge in [-0.15, -0.1) is 0 Å². The molecular weight excluding hydrogens is 248 g/mol. The molecular formula is C13H24N2O2S. The molecule has 3 unspecified atom stereocenters. The Balaban J connectivity index is 2.77. The Kier molecular flexibility index (Phi) is 5.99. The average Bonchev–Trinajstić information content (AvgIpc) is 2.34. The van der Waals surface area contributed by atoms with E-state index in [9.17, 15) is 9.59 Å². The predicted octanol–water partition coefficient (Wildman–Crippen LogP) is 1.64. The molecule has 0 aliphatic carbocycles. The van der Waals surface area contributed by atoms with Crippen LogP contribution in [0.2, 0.25) is 0 Å². The molecule has 1 fully saturated rings. The minimum absolute atomic E-state index is 0.0240. The van der Waals surface area contributed by atoms with Gasteiger partial charge in [0.15, 0.2) is 0 Å². The highest BCUT2D eigenvalue weighted by Crippen LogP contribution is 2.19. The third kappa shape index (κ3) is 3.40. The van der Waals surface area contributed by atoms with Crippen LogP contribution in [0.1, 0.15) is 40.0 Å². The SMILES string of the molecule is CCCC1NC(=O)C(C)N(C(C)CCSC)C1=O. The van der Waals surface area contributed by atoms with Crippen LogP contribution in [0.4, 0.5) is 0 Å². The van der Waals surface area contributed by atoms with Crippen molar-refractivity contribution < 1.29 is 9.59 Å². The summed E-state index contributed by atoms with van der Waals surface area (Å²) in [5.41, 5.74) is 0. The van der Waals surface area contributed by atoms with Crippen molar-refractivity contribution in [1.82, 2.24) is 10.2 Å². The quantitative estimate of drug-likeness (QED) is 0.800. The first-order valence-electron chi connectivity index (χ1n) is 6.64. The van der Waals surface area contributed by atoms with Crippen molar-refractivity contribution in [3.05, 3.63) is 0 Å². The lowest BCUT2D eigenvalue weighted by Crippen LogP contribution is -2.64. The van der Waals surface area contributed by atoms with E-state index in [4.69, 9.17) is 0 Å². The van der Waals surface area contributed by atoms with Crippen molar-refractivity contribution in [2.24, 2.45) is 0 Å².